The van der Waals surface area contributed by atoms with Crippen molar-refractivity contribution in [3.8, 4) is 34.5 Å². The van der Waals surface area contributed by atoms with Crippen molar-refractivity contribution in [1.82, 2.24) is 0 Å². The van der Waals surface area contributed by atoms with Gasteiger partial charge in [0, 0.05) is 23.8 Å². The minimum Gasteiger partial charge on any atom is -0.508 e. The molecule has 0 bridgehead atoms. The molecule has 0 aromatic heterocycles. The van der Waals surface area contributed by atoms with Gasteiger partial charge in [-0.15, -0.1) is 0 Å². The van der Waals surface area contributed by atoms with E-state index in [0.717, 1.165) is 22.6 Å². The van der Waals surface area contributed by atoms with Crippen molar-refractivity contribution in [1.29, 1.82) is 0 Å². The first kappa shape index (κ1) is 49.2. The van der Waals surface area contributed by atoms with E-state index >= 15 is 0 Å². The van der Waals surface area contributed by atoms with Crippen LogP contribution < -0.4 is 34.8 Å². The molecule has 0 radical (unpaired) electrons. The molecule has 6 nitrogen and oxygen atoms in total. The molecule has 0 heterocycles. The fourth-order valence-electron chi connectivity index (χ4n) is 4.77. The van der Waals surface area contributed by atoms with Crippen LogP contribution in [0.1, 0.15) is 11.1 Å². The third-order valence-electron chi connectivity index (χ3n) is 8.09. The maximum absolute atomic E-state index is 9.09. The maximum Gasteiger partial charge on any atom is 0.123 e. The van der Waals surface area contributed by atoms with E-state index in [2.05, 4.69) is 69.0 Å². The number of hydrogen-bond donors (Lipinski definition) is 3. The average molecular weight is 919 g/mol. The summed E-state index contributed by atoms with van der Waals surface area (Å²) in [5, 5.41) is 31.2. The highest BCUT2D eigenvalue weighted by atomic mass is 35.7. The van der Waals surface area contributed by atoms with Crippen LogP contribution in [0.15, 0.2) is 218 Å². The summed E-state index contributed by atoms with van der Waals surface area (Å²) in [5.41, 5.74) is 2.51. The Balaban J connectivity index is 0.000000175. The lowest BCUT2D eigenvalue weighted by molar-refractivity contribution is 0.460. The van der Waals surface area contributed by atoms with Crippen molar-refractivity contribution >= 4 is 66.2 Å². The topological polar surface area (TPSA) is 88.4 Å². The molecule has 0 fully saturated rings. The number of rotatable bonds is 10. The second-order valence-electron chi connectivity index (χ2n) is 13.2. The second-order valence-corrected chi connectivity index (χ2v) is 18.2. The van der Waals surface area contributed by atoms with Gasteiger partial charge in [-0.25, -0.2) is 0 Å². The third kappa shape index (κ3) is 20.9. The number of phenolic OH excluding ortho intramolecular Hbond substituents is 3. The molecule has 0 saturated heterocycles. The summed E-state index contributed by atoms with van der Waals surface area (Å²) in [6.45, 7) is 6.28. The zero-order valence-corrected chi connectivity index (χ0v) is 39.3. The molecule has 8 rings (SSSR count). The minimum atomic E-state index is -0.562. The summed E-state index contributed by atoms with van der Waals surface area (Å²) in [7, 11) is 0.516. The summed E-state index contributed by atoms with van der Waals surface area (Å²) in [5.74, 6) is 3.25. The van der Waals surface area contributed by atoms with Crippen LogP contribution in [-0.4, -0.2) is 22.0 Å². The molecule has 3 N–H and O–H groups in total. The predicted octanol–water partition coefficient (Wildman–Crippen LogP) is 13.0. The van der Waals surface area contributed by atoms with E-state index in [1.54, 1.807) is 24.3 Å². The standard InChI is InChI=1S/C14H15OP.C13H13OP.C12H11O2P.C6H6ClP.C6H6O2/c1-12-8-10-13(11-9-12)15-16(2)14-6-4-3-5-7-14;1-11-7-9-12(10-8-11)14-15-13-5-3-2-4-6-13;13-10-6-8-11(9-7-10)14-15-12-4-2-1-3-5-12;7-8-6-4-2-1-3-5-6;7-5-1-2-6(8)4-3-5/h3-11H,1-2H3;2-10,15H,1H3;1-9,13,15H;1-5,8H;1-4,7-8H. The number of aryl methyl sites for hydroxylation is 2. The molecular weight excluding hydrogens is 868 g/mol. The molecule has 0 aliphatic rings. The van der Waals surface area contributed by atoms with Crippen LogP contribution in [-0.2, 0) is 0 Å². The van der Waals surface area contributed by atoms with E-state index < -0.39 is 8.15 Å². The van der Waals surface area contributed by atoms with Gasteiger partial charge >= 0.3 is 0 Å². The lowest BCUT2D eigenvalue weighted by atomic mass is 10.2. The van der Waals surface area contributed by atoms with Gasteiger partial charge in [0.15, 0.2) is 0 Å². The number of halogens is 1. The molecule has 8 aromatic rings. The lowest BCUT2D eigenvalue weighted by Crippen LogP contribution is -2.02. The largest absolute Gasteiger partial charge is 0.508 e. The highest BCUT2D eigenvalue weighted by molar-refractivity contribution is 7.74. The zero-order chi connectivity index (χ0) is 44.2. The molecule has 0 aliphatic carbocycles. The molecule has 8 aromatic carbocycles. The Labute approximate surface area is 377 Å². The van der Waals surface area contributed by atoms with E-state index in [4.69, 9.17) is 40.1 Å². The van der Waals surface area contributed by atoms with Crippen LogP contribution in [0.4, 0.5) is 0 Å². The summed E-state index contributed by atoms with van der Waals surface area (Å²) in [6, 6.07) is 69.4. The number of benzene rings is 8. The molecule has 0 amide bonds. The molecule has 0 spiro atoms. The van der Waals surface area contributed by atoms with Gasteiger partial charge in [-0.05, 0) is 98.6 Å². The van der Waals surface area contributed by atoms with Gasteiger partial charge in [0.1, 0.15) is 60.3 Å². The smallest absolute Gasteiger partial charge is 0.123 e. The van der Waals surface area contributed by atoms with Crippen LogP contribution in [0.2, 0.25) is 0 Å². The van der Waals surface area contributed by atoms with Crippen molar-refractivity contribution in [2.24, 2.45) is 0 Å². The van der Waals surface area contributed by atoms with Crippen LogP contribution >= 0.6 is 44.9 Å². The van der Waals surface area contributed by atoms with E-state index in [0.29, 0.717) is 25.5 Å². The minimum absolute atomic E-state index is 0.169. The highest BCUT2D eigenvalue weighted by Crippen LogP contribution is 2.33. The molecule has 62 heavy (non-hydrogen) atoms. The molecule has 318 valence electrons. The zero-order valence-electron chi connectivity index (χ0n) is 34.7. The number of hydrogen-bond acceptors (Lipinski definition) is 6. The summed E-state index contributed by atoms with van der Waals surface area (Å²) in [6.07, 6.45) is 0. The van der Waals surface area contributed by atoms with Gasteiger partial charge in [-0.1, -0.05) is 168 Å². The highest BCUT2D eigenvalue weighted by Gasteiger charge is 2.06. The SMILES string of the molecule is Cc1ccc(OP(C)c2ccccc2)cc1.Cc1ccc(OPc2ccccc2)cc1.ClPc1ccccc1.Oc1ccc(O)cc1.Oc1ccc(OPc2ccccc2)cc1. The van der Waals surface area contributed by atoms with E-state index in [1.165, 1.54) is 51.3 Å². The summed E-state index contributed by atoms with van der Waals surface area (Å²) < 4.78 is 17.2. The van der Waals surface area contributed by atoms with Crippen molar-refractivity contribution in [3.05, 3.63) is 230 Å². The van der Waals surface area contributed by atoms with Crippen molar-refractivity contribution in [2.45, 2.75) is 13.8 Å². The van der Waals surface area contributed by atoms with Crippen molar-refractivity contribution in [2.75, 3.05) is 6.66 Å². The Bertz CT molecular complexity index is 2240. The number of aromatic hydroxyl groups is 3. The first-order chi connectivity index (χ1) is 30.2. The quantitative estimate of drug-likeness (QED) is 0.0936. The predicted molar refractivity (Wildman–Crippen MR) is 270 cm³/mol. The Morgan fingerprint density at radius 1 is 0.387 bits per heavy atom. The fourth-order valence-corrected chi connectivity index (χ4v) is 8.00. The van der Waals surface area contributed by atoms with Crippen LogP contribution in [0.3, 0.4) is 0 Å². The first-order valence-corrected chi connectivity index (χ1v) is 24.9. The second kappa shape index (κ2) is 29.0. The molecule has 11 heteroatoms. The summed E-state index contributed by atoms with van der Waals surface area (Å²) >= 11 is 5.55. The van der Waals surface area contributed by atoms with E-state index in [1.807, 2.05) is 121 Å². The van der Waals surface area contributed by atoms with Gasteiger partial charge in [0.05, 0.1) is 0 Å². The van der Waals surface area contributed by atoms with Crippen molar-refractivity contribution in [3.63, 3.8) is 0 Å². The molecule has 4 atom stereocenters. The van der Waals surface area contributed by atoms with Gasteiger partial charge < -0.3 is 28.9 Å². The van der Waals surface area contributed by atoms with Crippen LogP contribution in [0.5, 0.6) is 34.5 Å². The Kier molecular flexibility index (Phi) is 23.0. The Hall–Kier alpha value is -5.43. The molecule has 0 aliphatic heterocycles. The Morgan fingerprint density at radius 3 is 1.05 bits per heavy atom. The van der Waals surface area contributed by atoms with Crippen LogP contribution in [0, 0.1) is 13.8 Å². The molecular formula is C51H51ClO6P4. The van der Waals surface area contributed by atoms with Gasteiger partial charge in [0.25, 0.3) is 0 Å². The normalized spacial score (nSPS) is 10.8. The Morgan fingerprint density at radius 2 is 0.694 bits per heavy atom. The van der Waals surface area contributed by atoms with Crippen LogP contribution in [0.25, 0.3) is 0 Å². The van der Waals surface area contributed by atoms with Crippen molar-refractivity contribution < 1.29 is 28.9 Å². The first-order valence-electron chi connectivity index (χ1n) is 19.4. The third-order valence-corrected chi connectivity index (χ3v) is 12.6. The average Bonchev–Trinajstić information content (AvgIpc) is 3.32. The van der Waals surface area contributed by atoms with Gasteiger partial charge in [0.2, 0.25) is 0 Å². The summed E-state index contributed by atoms with van der Waals surface area (Å²) in [4.78, 5) is 0. The van der Waals surface area contributed by atoms with E-state index in [9.17, 15) is 0 Å². The molecule has 0 saturated carbocycles. The molecule has 4 unspecified atom stereocenters. The monoisotopic (exact) mass is 918 g/mol. The fraction of sp³-hybridized carbons (Fsp3) is 0.0588. The number of phenols is 3. The lowest BCUT2D eigenvalue weighted by Gasteiger charge is -2.14. The van der Waals surface area contributed by atoms with Gasteiger partial charge in [-0.2, -0.15) is 0 Å². The van der Waals surface area contributed by atoms with E-state index in [-0.39, 0.29) is 17.2 Å². The van der Waals surface area contributed by atoms with Gasteiger partial charge in [-0.3, -0.25) is 0 Å². The maximum atomic E-state index is 9.09.